The molecular weight excluding hydrogens is 150 g/mol. The summed E-state index contributed by atoms with van der Waals surface area (Å²) in [6.07, 6.45) is -0.0249. The van der Waals surface area contributed by atoms with Gasteiger partial charge in [0.05, 0.1) is 13.5 Å². The normalized spacial score (nSPS) is 11.9. The zero-order chi connectivity index (χ0) is 8.85. The second-order valence-corrected chi connectivity index (χ2v) is 2.16. The smallest absolute Gasteiger partial charge is 0.306 e. The second kappa shape index (κ2) is 4.68. The summed E-state index contributed by atoms with van der Waals surface area (Å²) in [4.78, 5) is 21.2. The number of carbonyl (C=O) groups is 2. The molecule has 0 aliphatic rings. The quantitative estimate of drug-likeness (QED) is 0.338. The maximum absolute atomic E-state index is 10.6. The van der Waals surface area contributed by atoms with Crippen molar-refractivity contribution >= 4 is 11.9 Å². The number of esters is 1. The predicted octanol–water partition coefficient (Wildman–Crippen LogP) is -0.309. The average Bonchev–Trinajstić information content (AvgIpc) is 2.02. The molecule has 0 aromatic heterocycles. The minimum Gasteiger partial charge on any atom is -0.469 e. The van der Waals surface area contributed by atoms with Gasteiger partial charge in [-0.2, -0.15) is 0 Å². The number of carbonyl (C=O) groups excluding carboxylic acids is 2. The molecule has 1 atom stereocenters. The van der Waals surface area contributed by atoms with Gasteiger partial charge in [-0.25, -0.2) is 5.48 Å². The molecule has 0 spiro atoms. The molecule has 0 fully saturated rings. The van der Waals surface area contributed by atoms with E-state index < -0.39 is 17.8 Å². The molecule has 0 heterocycles. The maximum Gasteiger partial charge on any atom is 0.306 e. The molecule has 5 heteroatoms. The van der Waals surface area contributed by atoms with Crippen LogP contribution in [0.2, 0.25) is 0 Å². The Kier molecular flexibility index (Phi) is 4.21. The van der Waals surface area contributed by atoms with Crippen LogP contribution in [0.4, 0.5) is 0 Å². The van der Waals surface area contributed by atoms with Crippen molar-refractivity contribution in [3.8, 4) is 0 Å². The summed E-state index contributed by atoms with van der Waals surface area (Å²) in [6.45, 7) is 1.52. The minimum absolute atomic E-state index is 0.0249. The first kappa shape index (κ1) is 9.90. The van der Waals surface area contributed by atoms with Gasteiger partial charge in [0.1, 0.15) is 0 Å². The average molecular weight is 161 g/mol. The fraction of sp³-hybridized carbons (Fsp3) is 0.667. The molecule has 0 rings (SSSR count). The van der Waals surface area contributed by atoms with Crippen LogP contribution in [-0.4, -0.2) is 24.2 Å². The monoisotopic (exact) mass is 161 g/mol. The summed E-state index contributed by atoms with van der Waals surface area (Å²) in [7, 11) is 1.24. The third kappa shape index (κ3) is 3.57. The van der Waals surface area contributed by atoms with Crippen LogP contribution in [0.15, 0.2) is 0 Å². The zero-order valence-corrected chi connectivity index (χ0v) is 6.46. The standard InChI is InChI=1S/C6H11NO4/c1-4(6(9)7-10)3-5(8)11-2/h4,10H,3H2,1-2H3,(H,7,9). The molecule has 64 valence electrons. The molecule has 2 N–H and O–H groups in total. The van der Waals surface area contributed by atoms with E-state index in [1.807, 2.05) is 0 Å². The highest BCUT2D eigenvalue weighted by atomic mass is 16.5. The Labute approximate surface area is 64.3 Å². The van der Waals surface area contributed by atoms with E-state index in [9.17, 15) is 9.59 Å². The third-order valence-electron chi connectivity index (χ3n) is 1.26. The molecule has 0 saturated heterocycles. The Hall–Kier alpha value is -1.10. The Balaban J connectivity index is 3.77. The second-order valence-electron chi connectivity index (χ2n) is 2.16. The molecule has 0 aliphatic carbocycles. The molecule has 5 nitrogen and oxygen atoms in total. The van der Waals surface area contributed by atoms with Crippen LogP contribution in [0.1, 0.15) is 13.3 Å². The number of nitrogens with one attached hydrogen (secondary N) is 1. The number of ether oxygens (including phenoxy) is 1. The lowest BCUT2D eigenvalue weighted by molar-refractivity contribution is -0.145. The van der Waals surface area contributed by atoms with Gasteiger partial charge in [-0.1, -0.05) is 6.92 Å². The van der Waals surface area contributed by atoms with E-state index >= 15 is 0 Å². The number of hydrogen-bond acceptors (Lipinski definition) is 4. The van der Waals surface area contributed by atoms with Gasteiger partial charge >= 0.3 is 5.97 Å². The summed E-state index contributed by atoms with van der Waals surface area (Å²) < 4.78 is 4.31. The van der Waals surface area contributed by atoms with Gasteiger partial charge in [-0.15, -0.1) is 0 Å². The van der Waals surface area contributed by atoms with E-state index in [0.29, 0.717) is 0 Å². The lowest BCUT2D eigenvalue weighted by atomic mass is 10.1. The molecular formula is C6H11NO4. The van der Waals surface area contributed by atoms with Crippen molar-refractivity contribution in [1.29, 1.82) is 0 Å². The van der Waals surface area contributed by atoms with E-state index in [2.05, 4.69) is 4.74 Å². The zero-order valence-electron chi connectivity index (χ0n) is 6.46. The van der Waals surface area contributed by atoms with Crippen LogP contribution in [0.5, 0.6) is 0 Å². The number of rotatable bonds is 3. The topological polar surface area (TPSA) is 75.6 Å². The van der Waals surface area contributed by atoms with Crippen LogP contribution in [0.3, 0.4) is 0 Å². The molecule has 1 amide bonds. The maximum atomic E-state index is 10.6. The van der Waals surface area contributed by atoms with Crippen molar-refractivity contribution in [3.63, 3.8) is 0 Å². The van der Waals surface area contributed by atoms with Crippen LogP contribution < -0.4 is 5.48 Å². The fourth-order valence-corrected chi connectivity index (χ4v) is 0.536. The summed E-state index contributed by atoms with van der Waals surface area (Å²) in [5.41, 5.74) is 1.45. The number of methoxy groups -OCH3 is 1. The van der Waals surface area contributed by atoms with Gasteiger partial charge in [0, 0.05) is 5.92 Å². The largest absolute Gasteiger partial charge is 0.469 e. The molecule has 0 saturated carbocycles. The Bertz CT molecular complexity index is 157. The number of hydrogen-bond donors (Lipinski definition) is 2. The number of hydroxylamine groups is 1. The van der Waals surface area contributed by atoms with Crippen molar-refractivity contribution in [2.24, 2.45) is 5.92 Å². The molecule has 0 aliphatic heterocycles. The van der Waals surface area contributed by atoms with Crippen LogP contribution in [0, 0.1) is 5.92 Å². The van der Waals surface area contributed by atoms with E-state index in [1.54, 1.807) is 0 Å². The Morgan fingerprint density at radius 2 is 2.18 bits per heavy atom. The first-order valence-electron chi connectivity index (χ1n) is 3.12. The van der Waals surface area contributed by atoms with Crippen molar-refractivity contribution in [2.45, 2.75) is 13.3 Å². The minimum atomic E-state index is -0.588. The Morgan fingerprint density at radius 1 is 1.64 bits per heavy atom. The van der Waals surface area contributed by atoms with Crippen LogP contribution >= 0.6 is 0 Å². The van der Waals surface area contributed by atoms with Gasteiger partial charge in [0.25, 0.3) is 0 Å². The molecule has 0 aromatic carbocycles. The third-order valence-corrected chi connectivity index (χ3v) is 1.26. The van der Waals surface area contributed by atoms with Crippen molar-refractivity contribution in [3.05, 3.63) is 0 Å². The lowest BCUT2D eigenvalue weighted by Crippen LogP contribution is -2.27. The van der Waals surface area contributed by atoms with Gasteiger partial charge in [0.15, 0.2) is 0 Å². The van der Waals surface area contributed by atoms with Gasteiger partial charge in [0.2, 0.25) is 5.91 Å². The summed E-state index contributed by atoms with van der Waals surface area (Å²) in [5, 5.41) is 8.14. The predicted molar refractivity (Wildman–Crippen MR) is 35.7 cm³/mol. The molecule has 0 radical (unpaired) electrons. The van der Waals surface area contributed by atoms with Crippen molar-refractivity contribution in [1.82, 2.24) is 5.48 Å². The van der Waals surface area contributed by atoms with E-state index in [0.717, 1.165) is 0 Å². The number of amides is 1. The van der Waals surface area contributed by atoms with E-state index in [-0.39, 0.29) is 6.42 Å². The Morgan fingerprint density at radius 3 is 2.55 bits per heavy atom. The highest BCUT2D eigenvalue weighted by Gasteiger charge is 2.15. The molecule has 0 bridgehead atoms. The first-order valence-corrected chi connectivity index (χ1v) is 3.12. The summed E-state index contributed by atoms with van der Waals surface area (Å²) in [5.74, 6) is -1.62. The molecule has 11 heavy (non-hydrogen) atoms. The molecule has 0 aromatic rings. The van der Waals surface area contributed by atoms with Crippen LogP contribution in [0.25, 0.3) is 0 Å². The highest BCUT2D eigenvalue weighted by Crippen LogP contribution is 2.01. The summed E-state index contributed by atoms with van der Waals surface area (Å²) in [6, 6.07) is 0. The lowest BCUT2D eigenvalue weighted by Gasteiger charge is -2.05. The SMILES string of the molecule is COC(=O)CC(C)C(=O)NO. The fourth-order valence-electron chi connectivity index (χ4n) is 0.536. The molecule has 1 unspecified atom stereocenters. The van der Waals surface area contributed by atoms with E-state index in [4.69, 9.17) is 5.21 Å². The highest BCUT2D eigenvalue weighted by molar-refractivity contribution is 5.82. The van der Waals surface area contributed by atoms with E-state index in [1.165, 1.54) is 19.5 Å². The van der Waals surface area contributed by atoms with Crippen molar-refractivity contribution < 1.29 is 19.5 Å². The van der Waals surface area contributed by atoms with Gasteiger partial charge in [-0.05, 0) is 0 Å². The summed E-state index contributed by atoms with van der Waals surface area (Å²) >= 11 is 0. The van der Waals surface area contributed by atoms with Gasteiger partial charge < -0.3 is 4.74 Å². The van der Waals surface area contributed by atoms with Gasteiger partial charge in [-0.3, -0.25) is 14.8 Å². The first-order chi connectivity index (χ1) is 5.11. The van der Waals surface area contributed by atoms with Crippen LogP contribution in [-0.2, 0) is 14.3 Å². The van der Waals surface area contributed by atoms with Crippen molar-refractivity contribution in [2.75, 3.05) is 7.11 Å².